The molecule has 0 heterocycles. The first-order chi connectivity index (χ1) is 11.7. The summed E-state index contributed by atoms with van der Waals surface area (Å²) >= 11 is 0. The van der Waals surface area contributed by atoms with E-state index in [1.807, 2.05) is 0 Å². The molecule has 4 nitrogen and oxygen atoms in total. The molecule has 0 radical (unpaired) electrons. The highest BCUT2D eigenvalue weighted by atomic mass is 19.1. The SMILES string of the molecule is C[C@@H]1C[C@@H]1C(=O)NCCC(=O)N[C@H](CC(C)(C)C)c1ccc(F)cc1. The number of halogens is 1. The van der Waals surface area contributed by atoms with Gasteiger partial charge in [0.1, 0.15) is 5.82 Å². The Bertz CT molecular complexity index is 607. The van der Waals surface area contributed by atoms with Gasteiger partial charge in [0.05, 0.1) is 6.04 Å². The van der Waals surface area contributed by atoms with Crippen molar-refractivity contribution in [2.45, 2.75) is 53.0 Å². The van der Waals surface area contributed by atoms with E-state index in [9.17, 15) is 14.0 Å². The average Bonchev–Trinajstić information content (AvgIpc) is 3.23. The van der Waals surface area contributed by atoms with Gasteiger partial charge in [0.15, 0.2) is 0 Å². The second-order valence-electron chi connectivity index (χ2n) is 8.30. The smallest absolute Gasteiger partial charge is 0.223 e. The second kappa shape index (κ2) is 7.98. The number of carbonyl (C=O) groups is 2. The van der Waals surface area contributed by atoms with Crippen LogP contribution in [0.1, 0.15) is 58.6 Å². The lowest BCUT2D eigenvalue weighted by atomic mass is 9.85. The van der Waals surface area contributed by atoms with Crippen molar-refractivity contribution in [2.75, 3.05) is 6.54 Å². The van der Waals surface area contributed by atoms with E-state index in [1.165, 1.54) is 12.1 Å². The van der Waals surface area contributed by atoms with Crippen molar-refractivity contribution in [1.82, 2.24) is 10.6 Å². The minimum Gasteiger partial charge on any atom is -0.355 e. The highest BCUT2D eigenvalue weighted by Gasteiger charge is 2.38. The lowest BCUT2D eigenvalue weighted by Crippen LogP contribution is -2.34. The van der Waals surface area contributed by atoms with E-state index in [0.717, 1.165) is 18.4 Å². The zero-order chi connectivity index (χ0) is 18.6. The third-order valence-corrected chi connectivity index (χ3v) is 4.52. The van der Waals surface area contributed by atoms with E-state index < -0.39 is 0 Å². The molecular weight excluding hydrogens is 319 g/mol. The molecule has 1 saturated carbocycles. The molecule has 5 heteroatoms. The molecule has 0 spiro atoms. The number of hydrogen-bond acceptors (Lipinski definition) is 2. The van der Waals surface area contributed by atoms with E-state index in [1.54, 1.807) is 12.1 Å². The molecule has 1 aromatic rings. The Hall–Kier alpha value is -1.91. The van der Waals surface area contributed by atoms with Crippen molar-refractivity contribution in [3.05, 3.63) is 35.6 Å². The van der Waals surface area contributed by atoms with Gasteiger partial charge in [-0.15, -0.1) is 0 Å². The molecule has 0 saturated heterocycles. The topological polar surface area (TPSA) is 58.2 Å². The summed E-state index contributed by atoms with van der Waals surface area (Å²) in [7, 11) is 0. The van der Waals surface area contributed by atoms with E-state index in [4.69, 9.17) is 0 Å². The van der Waals surface area contributed by atoms with E-state index in [0.29, 0.717) is 12.5 Å². The van der Waals surface area contributed by atoms with Crippen LogP contribution in [0, 0.1) is 23.1 Å². The number of amides is 2. The number of benzene rings is 1. The van der Waals surface area contributed by atoms with Gasteiger partial charge in [0.2, 0.25) is 11.8 Å². The molecule has 3 atom stereocenters. The Morgan fingerprint density at radius 2 is 1.84 bits per heavy atom. The number of rotatable bonds is 7. The minimum absolute atomic E-state index is 0.0165. The Morgan fingerprint density at radius 1 is 1.24 bits per heavy atom. The number of hydrogen-bond donors (Lipinski definition) is 2. The summed E-state index contributed by atoms with van der Waals surface area (Å²) in [5.74, 6) is 0.230. The van der Waals surface area contributed by atoms with Gasteiger partial charge >= 0.3 is 0 Å². The molecule has 0 unspecified atom stereocenters. The third kappa shape index (κ3) is 6.48. The lowest BCUT2D eigenvalue weighted by Gasteiger charge is -2.27. The van der Waals surface area contributed by atoms with Crippen LogP contribution in [-0.2, 0) is 9.59 Å². The molecule has 1 fully saturated rings. The molecule has 2 rings (SSSR count). The normalized spacial score (nSPS) is 20.7. The van der Waals surface area contributed by atoms with Crippen LogP contribution in [-0.4, -0.2) is 18.4 Å². The zero-order valence-electron chi connectivity index (χ0n) is 15.6. The standard InChI is InChI=1S/C20H29FN2O2/c1-13-11-16(13)19(25)22-10-9-18(24)23-17(12-20(2,3)4)14-5-7-15(21)8-6-14/h5-8,13,16-17H,9-12H2,1-4H3,(H,22,25)(H,23,24)/t13-,16+,17-/m1/s1. The van der Waals surface area contributed by atoms with Crippen LogP contribution in [0.3, 0.4) is 0 Å². The van der Waals surface area contributed by atoms with Gasteiger partial charge in [-0.25, -0.2) is 4.39 Å². The maximum atomic E-state index is 13.2. The van der Waals surface area contributed by atoms with Gasteiger partial charge in [-0.2, -0.15) is 0 Å². The monoisotopic (exact) mass is 348 g/mol. The molecular formula is C20H29FN2O2. The zero-order valence-corrected chi connectivity index (χ0v) is 15.6. The Kier molecular flexibility index (Phi) is 6.20. The predicted molar refractivity (Wildman–Crippen MR) is 96.3 cm³/mol. The highest BCUT2D eigenvalue weighted by Crippen LogP contribution is 2.37. The maximum absolute atomic E-state index is 13.2. The van der Waals surface area contributed by atoms with E-state index >= 15 is 0 Å². The van der Waals surface area contributed by atoms with Crippen molar-refractivity contribution in [3.63, 3.8) is 0 Å². The first kappa shape index (κ1) is 19.4. The second-order valence-corrected chi connectivity index (χ2v) is 8.30. The van der Waals surface area contributed by atoms with Crippen molar-refractivity contribution < 1.29 is 14.0 Å². The largest absolute Gasteiger partial charge is 0.355 e. The van der Waals surface area contributed by atoms with Gasteiger partial charge in [0, 0.05) is 18.9 Å². The summed E-state index contributed by atoms with van der Waals surface area (Å²) < 4.78 is 13.2. The minimum atomic E-state index is -0.290. The summed E-state index contributed by atoms with van der Waals surface area (Å²) in [6.07, 6.45) is 1.93. The fourth-order valence-electron chi connectivity index (χ4n) is 2.94. The Morgan fingerprint density at radius 3 is 2.36 bits per heavy atom. The number of nitrogens with one attached hydrogen (secondary N) is 2. The molecule has 25 heavy (non-hydrogen) atoms. The molecule has 0 bridgehead atoms. The van der Waals surface area contributed by atoms with Crippen molar-refractivity contribution in [2.24, 2.45) is 17.3 Å². The fraction of sp³-hybridized carbons (Fsp3) is 0.600. The predicted octanol–water partition coefficient (Wildman–Crippen LogP) is 3.58. The van der Waals surface area contributed by atoms with Crippen LogP contribution in [0.5, 0.6) is 0 Å². The van der Waals surface area contributed by atoms with Crippen LogP contribution in [0.25, 0.3) is 0 Å². The Balaban J connectivity index is 1.88. The van der Waals surface area contributed by atoms with E-state index in [2.05, 4.69) is 38.3 Å². The summed E-state index contributed by atoms with van der Waals surface area (Å²) in [6, 6.07) is 6.07. The molecule has 0 aliphatic heterocycles. The molecule has 1 aliphatic carbocycles. The summed E-state index contributed by atoms with van der Waals surface area (Å²) in [5.41, 5.74) is 0.906. The third-order valence-electron chi connectivity index (χ3n) is 4.52. The van der Waals surface area contributed by atoms with Gasteiger partial charge < -0.3 is 10.6 Å². The van der Waals surface area contributed by atoms with Gasteiger partial charge in [-0.1, -0.05) is 39.8 Å². The molecule has 2 amide bonds. The van der Waals surface area contributed by atoms with Crippen LogP contribution >= 0.6 is 0 Å². The average molecular weight is 348 g/mol. The van der Waals surface area contributed by atoms with Gasteiger partial charge in [-0.05, 0) is 41.9 Å². The summed E-state index contributed by atoms with van der Waals surface area (Å²) in [5, 5.41) is 5.85. The van der Waals surface area contributed by atoms with Gasteiger partial charge in [0.25, 0.3) is 0 Å². The van der Waals surface area contributed by atoms with Crippen LogP contribution in [0.15, 0.2) is 24.3 Å². The maximum Gasteiger partial charge on any atom is 0.223 e. The Labute approximate surface area is 149 Å². The summed E-state index contributed by atoms with van der Waals surface area (Å²) in [4.78, 5) is 24.1. The lowest BCUT2D eigenvalue weighted by molar-refractivity contribution is -0.123. The van der Waals surface area contributed by atoms with Crippen LogP contribution in [0.4, 0.5) is 4.39 Å². The van der Waals surface area contributed by atoms with Crippen LogP contribution < -0.4 is 10.6 Å². The van der Waals surface area contributed by atoms with Crippen molar-refractivity contribution in [3.8, 4) is 0 Å². The first-order valence-electron chi connectivity index (χ1n) is 8.98. The molecule has 1 aliphatic rings. The first-order valence-corrected chi connectivity index (χ1v) is 8.98. The fourth-order valence-corrected chi connectivity index (χ4v) is 2.94. The van der Waals surface area contributed by atoms with Gasteiger partial charge in [-0.3, -0.25) is 9.59 Å². The number of carbonyl (C=O) groups excluding carboxylic acids is 2. The molecule has 138 valence electrons. The van der Waals surface area contributed by atoms with E-state index in [-0.39, 0.29) is 41.4 Å². The highest BCUT2D eigenvalue weighted by molar-refractivity contribution is 5.82. The quantitative estimate of drug-likeness (QED) is 0.791. The van der Waals surface area contributed by atoms with Crippen molar-refractivity contribution in [1.29, 1.82) is 0 Å². The molecule has 1 aromatic carbocycles. The summed E-state index contributed by atoms with van der Waals surface area (Å²) in [6.45, 7) is 8.71. The molecule has 0 aromatic heterocycles. The van der Waals surface area contributed by atoms with Crippen molar-refractivity contribution >= 4 is 11.8 Å². The van der Waals surface area contributed by atoms with Crippen LogP contribution in [0.2, 0.25) is 0 Å². The molecule has 2 N–H and O–H groups in total.